The molecule has 2 aromatic carbocycles. The van der Waals surface area contributed by atoms with Crippen molar-refractivity contribution in [3.05, 3.63) is 59.4 Å². The Kier molecular flexibility index (Phi) is 6.00. The third-order valence-corrected chi connectivity index (χ3v) is 8.36. The zero-order valence-electron chi connectivity index (χ0n) is 20.6. The summed E-state index contributed by atoms with van der Waals surface area (Å²) in [5.74, 6) is -2.46. The van der Waals surface area contributed by atoms with Crippen molar-refractivity contribution >= 4 is 27.8 Å². The number of carbonyl (C=O) groups is 1. The lowest BCUT2D eigenvalue weighted by atomic mass is 9.74. The number of hydrogen-bond donors (Lipinski definition) is 2. The Morgan fingerprint density at radius 3 is 2.54 bits per heavy atom. The molecule has 1 saturated heterocycles. The molecule has 7 nitrogen and oxygen atoms in total. The number of carboxylic acid groups (broad SMARTS) is 1. The molecule has 194 valence electrons. The van der Waals surface area contributed by atoms with Crippen molar-refractivity contribution in [1.82, 2.24) is 14.8 Å². The van der Waals surface area contributed by atoms with Crippen LogP contribution in [-0.2, 0) is 14.3 Å². The molecule has 1 aliphatic carbocycles. The molecule has 4 aromatic rings. The van der Waals surface area contributed by atoms with Crippen LogP contribution in [0.15, 0.2) is 36.5 Å². The average Bonchev–Trinajstić information content (AvgIpc) is 3.51. The Bertz CT molecular complexity index is 1480. The van der Waals surface area contributed by atoms with E-state index in [0.717, 1.165) is 45.9 Å². The van der Waals surface area contributed by atoms with Gasteiger partial charge in [-0.15, -0.1) is 0 Å². The van der Waals surface area contributed by atoms with Crippen LogP contribution in [0.1, 0.15) is 61.6 Å². The maximum absolute atomic E-state index is 14.5. The Morgan fingerprint density at radius 2 is 1.86 bits per heavy atom. The molecule has 1 saturated carbocycles. The van der Waals surface area contributed by atoms with Gasteiger partial charge in [0.15, 0.2) is 17.2 Å². The molecule has 2 N–H and O–H groups in total. The number of fused-ring (bicyclic) bond motifs is 2. The molecule has 37 heavy (non-hydrogen) atoms. The molecule has 1 aliphatic heterocycles. The van der Waals surface area contributed by atoms with E-state index >= 15 is 0 Å². The molecule has 0 spiro atoms. The predicted octanol–water partition coefficient (Wildman–Crippen LogP) is 5.81. The number of rotatable bonds is 5. The van der Waals surface area contributed by atoms with Crippen LogP contribution in [0.5, 0.6) is 0 Å². The van der Waals surface area contributed by atoms with Crippen molar-refractivity contribution in [2.24, 2.45) is 0 Å². The van der Waals surface area contributed by atoms with Crippen LogP contribution in [0.25, 0.3) is 27.5 Å². The molecule has 0 unspecified atom stereocenters. The minimum absolute atomic E-state index is 0.0925. The molecular weight excluding hydrogens is 480 g/mol. The van der Waals surface area contributed by atoms with Gasteiger partial charge in [0.25, 0.3) is 0 Å². The number of methoxy groups -OCH3 is 1. The van der Waals surface area contributed by atoms with Gasteiger partial charge in [0.05, 0.1) is 17.2 Å². The van der Waals surface area contributed by atoms with E-state index in [1.54, 1.807) is 12.3 Å². The molecule has 0 amide bonds. The summed E-state index contributed by atoms with van der Waals surface area (Å²) in [6, 6.07) is 8.16. The summed E-state index contributed by atoms with van der Waals surface area (Å²) >= 11 is 0. The Labute approximate surface area is 212 Å². The minimum Gasteiger partial charge on any atom is -0.479 e. The van der Waals surface area contributed by atoms with Crippen LogP contribution in [0.3, 0.4) is 0 Å². The summed E-state index contributed by atoms with van der Waals surface area (Å²) in [5.41, 5.74) is 3.41. The van der Waals surface area contributed by atoms with Gasteiger partial charge in [-0.1, -0.05) is 0 Å². The van der Waals surface area contributed by atoms with Crippen molar-refractivity contribution in [3.63, 3.8) is 0 Å². The maximum atomic E-state index is 14.5. The van der Waals surface area contributed by atoms with Crippen LogP contribution in [0.2, 0.25) is 0 Å². The smallest absolute Gasteiger partial charge is 0.335 e. The van der Waals surface area contributed by atoms with Crippen molar-refractivity contribution < 1.29 is 28.2 Å². The summed E-state index contributed by atoms with van der Waals surface area (Å²) in [5, 5.41) is 19.0. The number of nitrogens with one attached hydrogen (secondary N) is 1. The van der Waals surface area contributed by atoms with E-state index in [0.29, 0.717) is 44.6 Å². The largest absolute Gasteiger partial charge is 0.479 e. The van der Waals surface area contributed by atoms with Crippen LogP contribution in [0.4, 0.5) is 8.78 Å². The van der Waals surface area contributed by atoms with Gasteiger partial charge >= 0.3 is 5.97 Å². The number of aliphatic carboxylic acids is 1. The molecule has 0 atom stereocenters. The number of nitrogens with zero attached hydrogens (tertiary/aromatic N) is 2. The lowest BCUT2D eigenvalue weighted by Crippen LogP contribution is -2.43. The Morgan fingerprint density at radius 1 is 1.11 bits per heavy atom. The minimum atomic E-state index is -1.18. The van der Waals surface area contributed by atoms with Gasteiger partial charge in [-0.05, 0) is 74.3 Å². The van der Waals surface area contributed by atoms with Gasteiger partial charge in [0.1, 0.15) is 0 Å². The van der Waals surface area contributed by atoms with Gasteiger partial charge in [-0.25, -0.2) is 13.6 Å². The second-order valence-corrected chi connectivity index (χ2v) is 10.2. The summed E-state index contributed by atoms with van der Waals surface area (Å²) in [6.07, 6.45) is 5.49. The SMILES string of the molecule is CO[C@]1(C(=O)O)CC[C@H](c2c(C3CCOCC3)n(-c3ccc(F)c(F)c3)c3cc4cn[nH]c4cc32)CC1. The fourth-order valence-corrected chi connectivity index (χ4v) is 6.35. The van der Waals surface area contributed by atoms with Gasteiger partial charge < -0.3 is 19.1 Å². The van der Waals surface area contributed by atoms with Crippen molar-refractivity contribution in [1.29, 1.82) is 0 Å². The quantitative estimate of drug-likeness (QED) is 0.355. The van der Waals surface area contributed by atoms with E-state index in [1.165, 1.54) is 19.2 Å². The lowest BCUT2D eigenvalue weighted by molar-refractivity contribution is -0.166. The van der Waals surface area contributed by atoms with Crippen molar-refractivity contribution in [2.75, 3.05) is 20.3 Å². The Hall–Kier alpha value is -3.30. The first-order valence-corrected chi connectivity index (χ1v) is 12.7. The average molecular weight is 510 g/mol. The second kappa shape index (κ2) is 9.22. The van der Waals surface area contributed by atoms with E-state index < -0.39 is 23.2 Å². The van der Waals surface area contributed by atoms with Crippen molar-refractivity contribution in [2.45, 2.75) is 56.0 Å². The van der Waals surface area contributed by atoms with Gasteiger partial charge in [-0.3, -0.25) is 5.10 Å². The number of H-pyrrole nitrogens is 1. The summed E-state index contributed by atoms with van der Waals surface area (Å²) in [7, 11) is 1.46. The second-order valence-electron chi connectivity index (χ2n) is 10.2. The number of ether oxygens (including phenoxy) is 2. The first-order valence-electron chi connectivity index (χ1n) is 12.7. The summed E-state index contributed by atoms with van der Waals surface area (Å²) in [4.78, 5) is 12.0. The number of aromatic nitrogens is 3. The van der Waals surface area contributed by atoms with E-state index in [9.17, 15) is 18.7 Å². The lowest BCUT2D eigenvalue weighted by Gasteiger charge is -2.36. The molecule has 0 radical (unpaired) electrons. The van der Waals surface area contributed by atoms with Crippen LogP contribution >= 0.6 is 0 Å². The van der Waals surface area contributed by atoms with Crippen LogP contribution in [-0.4, -0.2) is 51.8 Å². The normalized spacial score (nSPS) is 23.2. The first kappa shape index (κ1) is 24.1. The molecular formula is C28H29F2N3O4. The number of hydrogen-bond acceptors (Lipinski definition) is 4. The van der Waals surface area contributed by atoms with Gasteiger partial charge in [0.2, 0.25) is 0 Å². The predicted molar refractivity (Wildman–Crippen MR) is 134 cm³/mol. The maximum Gasteiger partial charge on any atom is 0.335 e. The highest BCUT2D eigenvalue weighted by molar-refractivity contribution is 5.99. The Balaban J connectivity index is 1.60. The molecule has 9 heteroatoms. The molecule has 2 aliphatic rings. The zero-order valence-corrected chi connectivity index (χ0v) is 20.6. The zero-order chi connectivity index (χ0) is 25.7. The highest BCUT2D eigenvalue weighted by Gasteiger charge is 2.44. The molecule has 0 bridgehead atoms. The third-order valence-electron chi connectivity index (χ3n) is 8.36. The number of halogens is 2. The van der Waals surface area contributed by atoms with Gasteiger partial charge in [-0.2, -0.15) is 5.10 Å². The fraction of sp³-hybridized carbons (Fsp3) is 0.429. The first-order chi connectivity index (χ1) is 17.9. The van der Waals surface area contributed by atoms with Crippen LogP contribution in [0, 0.1) is 11.6 Å². The topological polar surface area (TPSA) is 89.4 Å². The van der Waals surface area contributed by atoms with E-state index in [4.69, 9.17) is 9.47 Å². The molecule has 2 fully saturated rings. The molecule has 3 heterocycles. The summed E-state index contributed by atoms with van der Waals surface area (Å²) < 4.78 is 41.7. The van der Waals surface area contributed by atoms with Crippen molar-refractivity contribution in [3.8, 4) is 5.69 Å². The van der Waals surface area contributed by atoms with Crippen LogP contribution < -0.4 is 0 Å². The highest BCUT2D eigenvalue weighted by Crippen LogP contribution is 2.48. The number of carboxylic acids is 1. The molecule has 6 rings (SSSR count). The highest BCUT2D eigenvalue weighted by atomic mass is 19.2. The van der Waals surface area contributed by atoms with E-state index in [2.05, 4.69) is 20.8 Å². The monoisotopic (exact) mass is 509 g/mol. The number of benzene rings is 2. The summed E-state index contributed by atoms with van der Waals surface area (Å²) in [6.45, 7) is 1.26. The van der Waals surface area contributed by atoms with E-state index in [-0.39, 0.29) is 11.8 Å². The molecule has 2 aromatic heterocycles. The van der Waals surface area contributed by atoms with E-state index in [1.807, 2.05) is 6.07 Å². The standard InChI is InChI=1S/C28H29F2N3O4/c1-36-28(27(34)35)8-4-16(5-9-28)25-20-14-23-18(15-31-32-23)12-24(20)33(19-2-3-21(29)22(30)13-19)26(25)17-6-10-37-11-7-17/h2-3,12-17H,4-11H2,1H3,(H,31,32)(H,34,35)/t16-,28+. The van der Waals surface area contributed by atoms with Gasteiger partial charge in [0, 0.05) is 54.5 Å². The fourth-order valence-electron chi connectivity index (χ4n) is 6.35. The third kappa shape index (κ3) is 3.92. The number of aromatic amines is 1.